The molecule has 4 aromatic rings. The zero-order valence-corrected chi connectivity index (χ0v) is 29.1. The van der Waals surface area contributed by atoms with E-state index in [1.54, 1.807) is 36.4 Å². The fourth-order valence-electron chi connectivity index (χ4n) is 5.24. The number of nitrogen functional groups attached to an aromatic ring is 1. The molecule has 0 radical (unpaired) electrons. The number of nitrogens with zero attached hydrogens (tertiary/aromatic N) is 3. The van der Waals surface area contributed by atoms with Crippen LogP contribution in [0, 0.1) is 12.3 Å². The van der Waals surface area contributed by atoms with Gasteiger partial charge in [0.1, 0.15) is 28.0 Å². The van der Waals surface area contributed by atoms with Gasteiger partial charge >= 0.3 is 0 Å². The first kappa shape index (κ1) is 34.6. The van der Waals surface area contributed by atoms with Gasteiger partial charge < -0.3 is 21.1 Å². The second kappa shape index (κ2) is 14.6. The van der Waals surface area contributed by atoms with Gasteiger partial charge in [-0.2, -0.15) is 4.31 Å². The minimum absolute atomic E-state index is 0.0807. The third-order valence-electron chi connectivity index (χ3n) is 7.73. The number of sulfonamides is 1. The maximum atomic E-state index is 13.9. The molecular formula is C31H32BrCl2N7O5S. The number of hydrogen-bond acceptors (Lipinski definition) is 7. The van der Waals surface area contributed by atoms with Crippen LogP contribution in [0.25, 0.3) is 5.65 Å². The van der Waals surface area contributed by atoms with E-state index >= 15 is 0 Å². The number of amides is 2. The lowest BCUT2D eigenvalue weighted by atomic mass is 10.1. The number of nitrogens with two attached hydrogens (primary N) is 1. The van der Waals surface area contributed by atoms with Crippen molar-refractivity contribution in [2.75, 3.05) is 19.6 Å². The number of aryl methyl sites for hydroxylation is 1. The summed E-state index contributed by atoms with van der Waals surface area (Å²) in [5, 5.41) is 13.1. The Bertz CT molecular complexity index is 1950. The molecule has 2 aromatic heterocycles. The van der Waals surface area contributed by atoms with Crippen LogP contribution in [0.15, 0.2) is 64.2 Å². The summed E-state index contributed by atoms with van der Waals surface area (Å²) in [5.74, 6) is -0.358. The molecule has 1 saturated heterocycles. The predicted octanol–water partition coefficient (Wildman–Crippen LogP) is 4.66. The molecule has 16 heteroatoms. The molecule has 3 heterocycles. The lowest BCUT2D eigenvalue weighted by molar-refractivity contribution is -0.124. The Kier molecular flexibility index (Phi) is 10.8. The second-order valence-corrected chi connectivity index (χ2v) is 14.2. The number of rotatable bonds is 12. The zero-order chi connectivity index (χ0) is 33.9. The number of amidine groups is 1. The molecule has 1 fully saturated rings. The summed E-state index contributed by atoms with van der Waals surface area (Å²) in [4.78, 5) is 29.9. The largest absolute Gasteiger partial charge is 0.485 e. The van der Waals surface area contributed by atoms with Gasteiger partial charge in [0.15, 0.2) is 11.4 Å². The summed E-state index contributed by atoms with van der Waals surface area (Å²) in [6.07, 6.45) is 3.11. The van der Waals surface area contributed by atoms with Crippen LogP contribution >= 0.6 is 39.1 Å². The Morgan fingerprint density at radius 1 is 1.11 bits per heavy atom. The monoisotopic (exact) mass is 763 g/mol. The van der Waals surface area contributed by atoms with Crippen molar-refractivity contribution in [3.8, 4) is 5.75 Å². The lowest BCUT2D eigenvalue weighted by Gasteiger charge is -2.24. The van der Waals surface area contributed by atoms with Crippen molar-refractivity contribution >= 4 is 72.5 Å². The van der Waals surface area contributed by atoms with Crippen LogP contribution in [-0.4, -0.2) is 65.4 Å². The molecule has 47 heavy (non-hydrogen) atoms. The molecular weight excluding hydrogens is 733 g/mol. The average Bonchev–Trinajstić information content (AvgIpc) is 3.66. The van der Waals surface area contributed by atoms with E-state index in [-0.39, 0.29) is 58.5 Å². The minimum atomic E-state index is -4.18. The quantitative estimate of drug-likeness (QED) is 0.0923. The number of aromatic nitrogens is 2. The number of ether oxygens (including phenoxy) is 1. The zero-order valence-electron chi connectivity index (χ0n) is 25.2. The summed E-state index contributed by atoms with van der Waals surface area (Å²) in [6, 6.07) is 11.7. The number of halogens is 3. The second-order valence-electron chi connectivity index (χ2n) is 10.8. The summed E-state index contributed by atoms with van der Waals surface area (Å²) in [7, 11) is -4.18. The van der Waals surface area contributed by atoms with Crippen molar-refractivity contribution in [1.29, 1.82) is 5.41 Å². The number of pyridine rings is 1. The van der Waals surface area contributed by atoms with E-state index in [1.807, 2.05) is 17.5 Å². The molecule has 248 valence electrons. The van der Waals surface area contributed by atoms with Gasteiger partial charge in [0.05, 0.1) is 10.7 Å². The molecule has 5 N–H and O–H groups in total. The van der Waals surface area contributed by atoms with Gasteiger partial charge in [0, 0.05) is 47.5 Å². The first-order valence-electron chi connectivity index (χ1n) is 14.6. The smallest absolute Gasteiger partial charge is 0.251 e. The Labute approximate surface area is 290 Å². The van der Waals surface area contributed by atoms with Gasteiger partial charge in [0.2, 0.25) is 15.9 Å². The van der Waals surface area contributed by atoms with Crippen molar-refractivity contribution in [2.24, 2.45) is 5.73 Å². The molecule has 1 aliphatic rings. The minimum Gasteiger partial charge on any atom is -0.485 e. The average molecular weight is 766 g/mol. The molecule has 0 spiro atoms. The van der Waals surface area contributed by atoms with Crippen molar-refractivity contribution in [3.63, 3.8) is 0 Å². The van der Waals surface area contributed by atoms with Gasteiger partial charge in [0.25, 0.3) is 5.91 Å². The maximum Gasteiger partial charge on any atom is 0.251 e. The highest BCUT2D eigenvalue weighted by molar-refractivity contribution is 9.10. The number of hydrogen-bond donors (Lipinski definition) is 4. The van der Waals surface area contributed by atoms with Crippen LogP contribution in [0.1, 0.15) is 46.4 Å². The van der Waals surface area contributed by atoms with Gasteiger partial charge in [-0.25, -0.2) is 13.4 Å². The SMILES string of the molecule is Cc1nc2c(OCc3c(Cl)ccc(S(=O)(=O)N4CCCC4C(=O)NCCCNC(=O)c4ccc(C(=N)N)cc4)c3Cl)cccn2c1Br. The highest BCUT2D eigenvalue weighted by atomic mass is 79.9. The number of fused-ring (bicyclic) bond motifs is 1. The van der Waals surface area contributed by atoms with Crippen molar-refractivity contribution < 1.29 is 22.7 Å². The number of carbonyl (C=O) groups is 2. The highest BCUT2D eigenvalue weighted by Crippen LogP contribution is 2.36. The molecule has 0 aliphatic carbocycles. The fourth-order valence-corrected chi connectivity index (χ4v) is 8.13. The van der Waals surface area contributed by atoms with Crippen molar-refractivity contribution in [2.45, 2.75) is 43.7 Å². The molecule has 1 unspecified atom stereocenters. The Morgan fingerprint density at radius 2 is 1.81 bits per heavy atom. The molecule has 2 aromatic carbocycles. The van der Waals surface area contributed by atoms with Crippen LogP contribution in [0.3, 0.4) is 0 Å². The number of imidazole rings is 1. The van der Waals surface area contributed by atoms with Crippen molar-refractivity contribution in [3.05, 3.63) is 91.8 Å². The number of nitrogens with one attached hydrogen (secondary N) is 3. The molecule has 0 saturated carbocycles. The molecule has 2 amide bonds. The third-order valence-corrected chi connectivity index (χ3v) is 11.5. The Balaban J connectivity index is 1.20. The number of benzene rings is 2. The van der Waals surface area contributed by atoms with Crippen LogP contribution < -0.4 is 21.1 Å². The molecule has 1 aliphatic heterocycles. The summed E-state index contributed by atoms with van der Waals surface area (Å²) < 4.78 is 37.5. The Morgan fingerprint density at radius 3 is 2.53 bits per heavy atom. The lowest BCUT2D eigenvalue weighted by Crippen LogP contribution is -2.46. The summed E-state index contributed by atoms with van der Waals surface area (Å²) in [6.45, 7) is 2.41. The topological polar surface area (TPSA) is 172 Å². The summed E-state index contributed by atoms with van der Waals surface area (Å²) >= 11 is 16.6. The normalized spacial score (nSPS) is 15.1. The molecule has 0 bridgehead atoms. The van der Waals surface area contributed by atoms with Crippen LogP contribution in [0.2, 0.25) is 10.0 Å². The van der Waals surface area contributed by atoms with Crippen LogP contribution in [-0.2, 0) is 21.4 Å². The molecule has 5 rings (SSSR count). The van der Waals surface area contributed by atoms with E-state index < -0.39 is 22.0 Å². The van der Waals surface area contributed by atoms with Gasteiger partial charge in [-0.3, -0.25) is 19.4 Å². The van der Waals surface area contributed by atoms with E-state index in [2.05, 4.69) is 31.5 Å². The van der Waals surface area contributed by atoms with Crippen molar-refractivity contribution in [1.82, 2.24) is 24.3 Å². The van der Waals surface area contributed by atoms with Gasteiger partial charge in [-0.05, 0) is 78.5 Å². The Hall–Kier alpha value is -3.69. The fraction of sp³-hybridized carbons (Fsp3) is 0.290. The molecule has 1 atom stereocenters. The highest BCUT2D eigenvalue weighted by Gasteiger charge is 2.40. The molecule has 12 nitrogen and oxygen atoms in total. The van der Waals surface area contributed by atoms with Crippen LogP contribution in [0.4, 0.5) is 0 Å². The van der Waals surface area contributed by atoms with Gasteiger partial charge in [-0.15, -0.1) is 0 Å². The van der Waals surface area contributed by atoms with E-state index in [0.717, 1.165) is 10.3 Å². The van der Waals surface area contributed by atoms with E-state index in [0.29, 0.717) is 41.8 Å². The van der Waals surface area contributed by atoms with E-state index in [4.69, 9.17) is 39.1 Å². The van der Waals surface area contributed by atoms with E-state index in [9.17, 15) is 18.0 Å². The maximum absolute atomic E-state index is 13.9. The standard InChI is InChI=1S/C31H32BrCl2N7O5S/c1-18-27(32)40-15-3-6-24(29(40)39-18)46-17-21-22(33)11-12-25(26(21)34)47(44,45)41-16-2-5-23(41)31(43)38-14-4-13-37-30(42)20-9-7-19(8-10-20)28(35)36/h3,6-12,15,23H,2,4-5,13-14,16-17H2,1H3,(H3,35,36)(H,37,42)(H,38,43). The predicted molar refractivity (Wildman–Crippen MR) is 183 cm³/mol. The van der Waals surface area contributed by atoms with E-state index in [1.165, 1.54) is 16.4 Å². The summed E-state index contributed by atoms with van der Waals surface area (Å²) in [5.41, 5.74) is 8.01. The van der Waals surface area contributed by atoms with Gasteiger partial charge in [-0.1, -0.05) is 35.3 Å². The van der Waals surface area contributed by atoms with Crippen LogP contribution in [0.5, 0.6) is 5.75 Å². The first-order valence-corrected chi connectivity index (χ1v) is 17.6. The third kappa shape index (κ3) is 7.41. The first-order chi connectivity index (χ1) is 22.4. The number of carbonyl (C=O) groups excluding carboxylic acids is 2.